The predicted octanol–water partition coefficient (Wildman–Crippen LogP) is 5.10. The fourth-order valence-corrected chi connectivity index (χ4v) is 5.30. The molecule has 0 aliphatic heterocycles. The highest BCUT2D eigenvalue weighted by Crippen LogP contribution is 2.42. The normalized spacial score (nSPS) is 26.7. The number of ether oxygens (including phenoxy) is 2. The molecule has 2 rings (SSSR count). The van der Waals surface area contributed by atoms with Crippen molar-refractivity contribution in [3.05, 3.63) is 35.9 Å². The van der Waals surface area contributed by atoms with Crippen LogP contribution in [-0.2, 0) is 25.3 Å². The number of benzene rings is 1. The maximum absolute atomic E-state index is 11.6. The lowest BCUT2D eigenvalue weighted by molar-refractivity contribution is -0.149. The first-order valence-corrected chi connectivity index (χ1v) is 13.3. The minimum absolute atomic E-state index is 0.00919. The van der Waals surface area contributed by atoms with Crippen LogP contribution in [-0.4, -0.2) is 36.5 Å². The maximum atomic E-state index is 11.6. The molecule has 1 saturated carbocycles. The first-order chi connectivity index (χ1) is 12.0. The van der Waals surface area contributed by atoms with Crippen LogP contribution in [0.5, 0.6) is 0 Å². The van der Waals surface area contributed by atoms with Gasteiger partial charge in [0.1, 0.15) is 6.10 Å². The molecule has 1 aromatic rings. The van der Waals surface area contributed by atoms with Crippen molar-refractivity contribution in [1.82, 2.24) is 0 Å². The number of alkyl halides is 1. The molecule has 1 aliphatic carbocycles. The summed E-state index contributed by atoms with van der Waals surface area (Å²) in [6, 6.07) is 10.1. The number of carbonyl (C=O) groups excluding carboxylic acids is 1. The van der Waals surface area contributed by atoms with Crippen LogP contribution < -0.4 is 0 Å². The third kappa shape index (κ3) is 5.53. The van der Waals surface area contributed by atoms with Crippen molar-refractivity contribution in [2.75, 3.05) is 0 Å². The highest BCUT2D eigenvalue weighted by molar-refractivity contribution is 14.1. The average Bonchev–Trinajstić information content (AvgIpc) is 2.80. The van der Waals surface area contributed by atoms with Crippen molar-refractivity contribution in [2.24, 2.45) is 0 Å². The minimum atomic E-state index is -1.96. The molecule has 6 heteroatoms. The number of hydrogen-bond acceptors (Lipinski definition) is 4. The van der Waals surface area contributed by atoms with E-state index in [9.17, 15) is 4.79 Å². The SMILES string of the molecule is CC(=O)OC1C(I)[C@H](OCc2ccccc2)C[C@@H]1O[Si](C)(C)C(C)(C)C. The molecule has 0 aromatic heterocycles. The number of carbonyl (C=O) groups is 1. The van der Waals surface area contributed by atoms with Gasteiger partial charge in [-0.25, -0.2) is 0 Å². The maximum Gasteiger partial charge on any atom is 0.303 e. The van der Waals surface area contributed by atoms with Gasteiger partial charge in [-0.3, -0.25) is 4.79 Å². The van der Waals surface area contributed by atoms with Crippen LogP contribution in [0.1, 0.15) is 39.7 Å². The molecule has 1 fully saturated rings. The van der Waals surface area contributed by atoms with Gasteiger partial charge in [-0.2, -0.15) is 0 Å². The molecular weight excluding hydrogens is 459 g/mol. The van der Waals surface area contributed by atoms with Crippen molar-refractivity contribution in [3.8, 4) is 0 Å². The summed E-state index contributed by atoms with van der Waals surface area (Å²) in [7, 11) is -1.96. The van der Waals surface area contributed by atoms with E-state index < -0.39 is 8.32 Å². The lowest BCUT2D eigenvalue weighted by Gasteiger charge is -2.39. The standard InChI is InChI=1S/C20H31IO4Si/c1-14(22)24-19-17(25-26(5,6)20(2,3)4)12-16(18(19)21)23-13-15-10-8-7-9-11-15/h7-11,16-19H,12-13H2,1-6H3/t16-,17+,18?,19?/m1/s1. The summed E-state index contributed by atoms with van der Waals surface area (Å²) in [6.45, 7) is 13.2. The van der Waals surface area contributed by atoms with Crippen LogP contribution in [0.15, 0.2) is 30.3 Å². The van der Waals surface area contributed by atoms with Crippen molar-refractivity contribution >= 4 is 36.9 Å². The van der Waals surface area contributed by atoms with Crippen LogP contribution in [0.3, 0.4) is 0 Å². The first kappa shape index (κ1) is 21.9. The molecule has 0 saturated heterocycles. The molecule has 0 heterocycles. The Kier molecular flexibility index (Phi) is 7.32. The molecule has 0 bridgehead atoms. The molecule has 4 nitrogen and oxygen atoms in total. The molecule has 2 unspecified atom stereocenters. The lowest BCUT2D eigenvalue weighted by atomic mass is 10.2. The van der Waals surface area contributed by atoms with Crippen LogP contribution in [0, 0.1) is 0 Å². The lowest BCUT2D eigenvalue weighted by Crippen LogP contribution is -2.47. The smallest absolute Gasteiger partial charge is 0.303 e. The van der Waals surface area contributed by atoms with Crippen LogP contribution in [0.4, 0.5) is 0 Å². The molecule has 0 radical (unpaired) electrons. The van der Waals surface area contributed by atoms with Gasteiger partial charge < -0.3 is 13.9 Å². The van der Waals surface area contributed by atoms with E-state index in [0.717, 1.165) is 12.0 Å². The number of halogens is 1. The molecule has 1 aromatic carbocycles. The summed E-state index contributed by atoms with van der Waals surface area (Å²) in [5.74, 6) is -0.260. The van der Waals surface area contributed by atoms with Crippen LogP contribution in [0.25, 0.3) is 0 Å². The third-order valence-corrected chi connectivity index (χ3v) is 11.4. The molecular formula is C20H31IO4Si. The summed E-state index contributed by atoms with van der Waals surface area (Å²) < 4.78 is 18.5. The van der Waals surface area contributed by atoms with Crippen molar-refractivity contribution in [1.29, 1.82) is 0 Å². The van der Waals surface area contributed by atoms with Crippen molar-refractivity contribution in [3.63, 3.8) is 0 Å². The zero-order chi connectivity index (χ0) is 19.5. The first-order valence-electron chi connectivity index (χ1n) is 9.16. The summed E-state index contributed by atoms with van der Waals surface area (Å²) in [5.41, 5.74) is 1.15. The quantitative estimate of drug-likeness (QED) is 0.241. The van der Waals surface area contributed by atoms with Gasteiger partial charge in [0, 0.05) is 13.3 Å². The Bertz CT molecular complexity index is 600. The predicted molar refractivity (Wildman–Crippen MR) is 115 cm³/mol. The number of esters is 1. The Hall–Kier alpha value is -0.443. The Morgan fingerprint density at radius 2 is 1.81 bits per heavy atom. The zero-order valence-electron chi connectivity index (χ0n) is 16.6. The molecule has 0 spiro atoms. The van der Waals surface area contributed by atoms with Gasteiger partial charge in [-0.05, 0) is 23.7 Å². The van der Waals surface area contributed by atoms with Gasteiger partial charge in [0.25, 0.3) is 0 Å². The van der Waals surface area contributed by atoms with Crippen molar-refractivity contribution < 1.29 is 18.7 Å². The van der Waals surface area contributed by atoms with Crippen molar-refractivity contribution in [2.45, 2.75) is 81.1 Å². The molecule has 4 atom stereocenters. The van der Waals surface area contributed by atoms with Crippen LogP contribution >= 0.6 is 22.6 Å². The second-order valence-electron chi connectivity index (χ2n) is 8.51. The molecule has 26 heavy (non-hydrogen) atoms. The van der Waals surface area contributed by atoms with E-state index in [1.807, 2.05) is 18.2 Å². The van der Waals surface area contributed by atoms with E-state index in [0.29, 0.717) is 6.61 Å². The summed E-state index contributed by atoms with van der Waals surface area (Å²) in [4.78, 5) is 11.6. The van der Waals surface area contributed by atoms with Gasteiger partial charge >= 0.3 is 5.97 Å². The fourth-order valence-electron chi connectivity index (χ4n) is 2.85. The largest absolute Gasteiger partial charge is 0.459 e. The van der Waals surface area contributed by atoms with E-state index >= 15 is 0 Å². The van der Waals surface area contributed by atoms with E-state index in [1.54, 1.807) is 0 Å². The van der Waals surface area contributed by atoms with E-state index in [-0.39, 0.29) is 33.2 Å². The fraction of sp³-hybridized carbons (Fsp3) is 0.650. The molecule has 0 amide bonds. The molecule has 146 valence electrons. The van der Waals surface area contributed by atoms with E-state index in [4.69, 9.17) is 13.9 Å². The topological polar surface area (TPSA) is 44.8 Å². The Balaban J connectivity index is 2.09. The Labute approximate surface area is 172 Å². The van der Waals surface area contributed by atoms with Gasteiger partial charge in [0.05, 0.1) is 22.7 Å². The Morgan fingerprint density at radius 3 is 2.35 bits per heavy atom. The van der Waals surface area contributed by atoms with Gasteiger partial charge in [-0.1, -0.05) is 73.7 Å². The third-order valence-electron chi connectivity index (χ3n) is 5.36. The highest BCUT2D eigenvalue weighted by atomic mass is 127. The summed E-state index contributed by atoms with van der Waals surface area (Å²) in [5, 5.41) is 0.109. The summed E-state index contributed by atoms with van der Waals surface area (Å²) in [6.07, 6.45) is 0.394. The second-order valence-corrected chi connectivity index (χ2v) is 14.7. The average molecular weight is 490 g/mol. The van der Waals surface area contributed by atoms with Crippen LogP contribution in [0.2, 0.25) is 18.1 Å². The zero-order valence-corrected chi connectivity index (χ0v) is 19.8. The molecule has 0 N–H and O–H groups in total. The second kappa shape index (κ2) is 8.71. The summed E-state index contributed by atoms with van der Waals surface area (Å²) >= 11 is 2.35. The number of rotatable bonds is 6. The van der Waals surface area contributed by atoms with E-state index in [2.05, 4.69) is 68.6 Å². The van der Waals surface area contributed by atoms with Gasteiger partial charge in [0.2, 0.25) is 0 Å². The van der Waals surface area contributed by atoms with Gasteiger partial charge in [0.15, 0.2) is 8.32 Å². The molecule has 1 aliphatic rings. The van der Waals surface area contributed by atoms with E-state index in [1.165, 1.54) is 6.92 Å². The van der Waals surface area contributed by atoms with Gasteiger partial charge in [-0.15, -0.1) is 0 Å². The monoisotopic (exact) mass is 490 g/mol. The highest BCUT2D eigenvalue weighted by Gasteiger charge is 2.49. The Morgan fingerprint density at radius 1 is 1.19 bits per heavy atom. The number of hydrogen-bond donors (Lipinski definition) is 0. The minimum Gasteiger partial charge on any atom is -0.459 e.